The Labute approximate surface area is 125 Å². The van der Waals surface area contributed by atoms with Gasteiger partial charge in [-0.2, -0.15) is 0 Å². The maximum absolute atomic E-state index is 11.4. The minimum atomic E-state index is -0.319. The first kappa shape index (κ1) is 15.7. The van der Waals surface area contributed by atoms with Crippen LogP contribution < -0.4 is 0 Å². The summed E-state index contributed by atoms with van der Waals surface area (Å²) in [5.74, 6) is -0.319. The Morgan fingerprint density at radius 3 is 2.62 bits per heavy atom. The van der Waals surface area contributed by atoms with Crippen LogP contribution in [0.15, 0.2) is 30.3 Å². The van der Waals surface area contributed by atoms with Crippen LogP contribution in [0.5, 0.6) is 0 Å². The predicted molar refractivity (Wildman–Crippen MR) is 81.0 cm³/mol. The van der Waals surface area contributed by atoms with Gasteiger partial charge in [-0.3, -0.25) is 0 Å². The monoisotopic (exact) mass is 290 g/mol. The number of methoxy groups -OCH3 is 1. The number of esters is 1. The molecule has 2 rings (SSSR count). The van der Waals surface area contributed by atoms with E-state index in [0.717, 1.165) is 30.6 Å². The zero-order chi connectivity index (χ0) is 15.1. The van der Waals surface area contributed by atoms with Gasteiger partial charge < -0.3 is 14.2 Å². The molecule has 1 aromatic carbocycles. The summed E-state index contributed by atoms with van der Waals surface area (Å²) in [5, 5.41) is 0. The summed E-state index contributed by atoms with van der Waals surface area (Å²) < 4.78 is 15.9. The van der Waals surface area contributed by atoms with Gasteiger partial charge in [0.05, 0.1) is 19.3 Å². The first-order valence-electron chi connectivity index (χ1n) is 7.29. The Morgan fingerprint density at radius 2 is 2.00 bits per heavy atom. The normalized spacial score (nSPS) is 19.3. The van der Waals surface area contributed by atoms with E-state index in [1.165, 1.54) is 13.5 Å². The zero-order valence-electron chi connectivity index (χ0n) is 12.6. The van der Waals surface area contributed by atoms with Gasteiger partial charge in [0.25, 0.3) is 0 Å². The molecule has 1 atom stereocenters. The molecule has 0 bridgehead atoms. The predicted octanol–water partition coefficient (Wildman–Crippen LogP) is 3.42. The molecule has 1 saturated heterocycles. The average Bonchev–Trinajstić information content (AvgIpc) is 2.55. The lowest BCUT2D eigenvalue weighted by Crippen LogP contribution is -2.22. The Bertz CT molecular complexity index is 484. The first-order valence-corrected chi connectivity index (χ1v) is 7.29. The smallest absolute Gasteiger partial charge is 0.337 e. The fourth-order valence-electron chi connectivity index (χ4n) is 2.23. The van der Waals surface area contributed by atoms with E-state index in [-0.39, 0.29) is 12.3 Å². The summed E-state index contributed by atoms with van der Waals surface area (Å²) >= 11 is 0. The number of rotatable bonds is 5. The van der Waals surface area contributed by atoms with E-state index >= 15 is 0 Å². The van der Waals surface area contributed by atoms with Gasteiger partial charge >= 0.3 is 5.97 Å². The van der Waals surface area contributed by atoms with Crippen LogP contribution in [-0.4, -0.2) is 32.6 Å². The fraction of sp³-hybridized carbons (Fsp3) is 0.471. The van der Waals surface area contributed by atoms with Crippen LogP contribution in [0.3, 0.4) is 0 Å². The number of allylic oxidation sites excluding steroid dienone is 1. The molecule has 0 aromatic heterocycles. The third kappa shape index (κ3) is 4.69. The van der Waals surface area contributed by atoms with Crippen LogP contribution in [0, 0.1) is 0 Å². The van der Waals surface area contributed by atoms with Crippen LogP contribution in [0.25, 0.3) is 5.57 Å². The van der Waals surface area contributed by atoms with Crippen molar-refractivity contribution in [3.63, 3.8) is 0 Å². The molecule has 0 saturated carbocycles. The molecule has 1 aromatic rings. The molecule has 114 valence electrons. The molecule has 21 heavy (non-hydrogen) atoms. The summed E-state index contributed by atoms with van der Waals surface area (Å²) in [6.45, 7) is 3.36. The van der Waals surface area contributed by atoms with Crippen LogP contribution in [0.4, 0.5) is 0 Å². The summed E-state index contributed by atoms with van der Waals surface area (Å²) in [6.07, 6.45) is 5.24. The maximum atomic E-state index is 11.4. The first-order chi connectivity index (χ1) is 10.2. The van der Waals surface area contributed by atoms with Crippen molar-refractivity contribution in [1.29, 1.82) is 0 Å². The van der Waals surface area contributed by atoms with Crippen molar-refractivity contribution < 1.29 is 19.0 Å². The second-order valence-electron chi connectivity index (χ2n) is 5.09. The summed E-state index contributed by atoms with van der Waals surface area (Å²) in [6, 6.07) is 7.36. The molecule has 0 N–H and O–H groups in total. The largest absolute Gasteiger partial charge is 0.465 e. The lowest BCUT2D eigenvalue weighted by Gasteiger charge is -2.22. The highest BCUT2D eigenvalue weighted by molar-refractivity contribution is 5.89. The van der Waals surface area contributed by atoms with Crippen molar-refractivity contribution in [2.45, 2.75) is 32.5 Å². The minimum absolute atomic E-state index is 0.0653. The van der Waals surface area contributed by atoms with E-state index in [2.05, 4.69) is 4.74 Å². The van der Waals surface area contributed by atoms with Crippen molar-refractivity contribution in [1.82, 2.24) is 0 Å². The molecule has 1 unspecified atom stereocenters. The van der Waals surface area contributed by atoms with Crippen LogP contribution in [-0.2, 0) is 14.2 Å². The minimum Gasteiger partial charge on any atom is -0.465 e. The number of hydrogen-bond donors (Lipinski definition) is 0. The van der Waals surface area contributed by atoms with Gasteiger partial charge in [0, 0.05) is 6.61 Å². The quantitative estimate of drug-likeness (QED) is 0.779. The average molecular weight is 290 g/mol. The Kier molecular flexibility index (Phi) is 5.96. The van der Waals surface area contributed by atoms with Gasteiger partial charge in [-0.1, -0.05) is 18.2 Å². The summed E-state index contributed by atoms with van der Waals surface area (Å²) in [4.78, 5) is 11.4. The fourth-order valence-corrected chi connectivity index (χ4v) is 2.23. The lowest BCUT2D eigenvalue weighted by molar-refractivity contribution is -0.155. The van der Waals surface area contributed by atoms with Crippen LogP contribution in [0.2, 0.25) is 0 Å². The molecule has 0 radical (unpaired) electrons. The Balaban J connectivity index is 1.87. The maximum Gasteiger partial charge on any atom is 0.337 e. The highest BCUT2D eigenvalue weighted by atomic mass is 16.7. The topological polar surface area (TPSA) is 44.8 Å². The van der Waals surface area contributed by atoms with Gasteiger partial charge in [-0.15, -0.1) is 0 Å². The van der Waals surface area contributed by atoms with Crippen LogP contribution in [0.1, 0.15) is 42.1 Å². The van der Waals surface area contributed by atoms with Gasteiger partial charge in [0.2, 0.25) is 0 Å². The highest BCUT2D eigenvalue weighted by Crippen LogP contribution is 2.17. The second kappa shape index (κ2) is 7.96. The molecule has 1 heterocycles. The van der Waals surface area contributed by atoms with Gasteiger partial charge in [-0.25, -0.2) is 4.79 Å². The van der Waals surface area contributed by atoms with E-state index in [1.807, 2.05) is 25.1 Å². The van der Waals surface area contributed by atoms with Crippen molar-refractivity contribution in [2.24, 2.45) is 0 Å². The molecule has 0 spiro atoms. The van der Waals surface area contributed by atoms with Crippen LogP contribution >= 0.6 is 0 Å². The molecule has 1 fully saturated rings. The summed E-state index contributed by atoms with van der Waals surface area (Å²) in [7, 11) is 1.38. The molecule has 0 amide bonds. The van der Waals surface area contributed by atoms with Crippen molar-refractivity contribution in [2.75, 3.05) is 20.3 Å². The SMILES string of the molecule is COC(=O)c1ccc(/C(C)=C\COC2CCCCO2)cc1. The Morgan fingerprint density at radius 1 is 1.29 bits per heavy atom. The highest BCUT2D eigenvalue weighted by Gasteiger charge is 2.13. The van der Waals surface area contributed by atoms with E-state index in [9.17, 15) is 4.79 Å². The number of ether oxygens (including phenoxy) is 3. The van der Waals surface area contributed by atoms with Crippen molar-refractivity contribution in [3.8, 4) is 0 Å². The zero-order valence-corrected chi connectivity index (χ0v) is 12.6. The number of hydrogen-bond acceptors (Lipinski definition) is 4. The van der Waals surface area contributed by atoms with E-state index in [1.54, 1.807) is 12.1 Å². The third-order valence-corrected chi connectivity index (χ3v) is 3.57. The van der Waals surface area contributed by atoms with Crippen molar-refractivity contribution in [3.05, 3.63) is 41.5 Å². The molecular weight excluding hydrogens is 268 g/mol. The van der Waals surface area contributed by atoms with Gasteiger partial charge in [-0.05, 0) is 49.5 Å². The van der Waals surface area contributed by atoms with E-state index < -0.39 is 0 Å². The standard InChI is InChI=1S/C17H22O4/c1-13(10-12-21-16-5-3-4-11-20-16)14-6-8-15(9-7-14)17(18)19-2/h6-10,16H,3-5,11-12H2,1-2H3/b13-10-. The summed E-state index contributed by atoms with van der Waals surface area (Å²) in [5.41, 5.74) is 2.74. The molecule has 4 heteroatoms. The lowest BCUT2D eigenvalue weighted by atomic mass is 10.1. The number of benzene rings is 1. The molecule has 4 nitrogen and oxygen atoms in total. The van der Waals surface area contributed by atoms with E-state index in [4.69, 9.17) is 9.47 Å². The second-order valence-corrected chi connectivity index (χ2v) is 5.09. The third-order valence-electron chi connectivity index (χ3n) is 3.57. The molecule has 0 aliphatic carbocycles. The van der Waals surface area contributed by atoms with E-state index in [0.29, 0.717) is 12.2 Å². The van der Waals surface area contributed by atoms with Crippen molar-refractivity contribution >= 4 is 11.5 Å². The number of carbonyl (C=O) groups is 1. The number of carbonyl (C=O) groups excluding carboxylic acids is 1. The molecule has 1 aliphatic heterocycles. The Hall–Kier alpha value is -1.65. The molecular formula is C17H22O4. The van der Waals surface area contributed by atoms with Gasteiger partial charge in [0.1, 0.15) is 0 Å². The molecule has 1 aliphatic rings. The van der Waals surface area contributed by atoms with Gasteiger partial charge in [0.15, 0.2) is 6.29 Å².